The number of carbonyl (C=O) groups excluding carboxylic acids is 3. The van der Waals surface area contributed by atoms with Crippen LogP contribution < -0.4 is 0 Å². The van der Waals surface area contributed by atoms with Gasteiger partial charge in [-0.05, 0) is 109 Å². The zero-order valence-corrected chi connectivity index (χ0v) is 39.7. The van der Waals surface area contributed by atoms with Crippen LogP contribution in [0.1, 0.15) is 226 Å². The molecule has 0 bridgehead atoms. The standard InChI is InChI=1S/C55H92O6/c1-4-7-10-13-16-19-21-23-25-27-29-31-33-36-39-42-45-48-54(57)60-51-52(50-59-53(56)47-44-41-38-35-18-15-12-9-6-3)61-55(58)49-46-43-40-37-34-32-30-28-26-24-22-20-17-14-11-8-5-2/h9,12,17-18,20,23-26,29,31,35-36,39,52H,4-8,10-11,13-16,19,21-22,27-28,30,32-34,37-38,40-51H2,1-3H3/b12-9-,20-17-,25-23-,26-24-,31-29-,35-18-,39-36-. The molecule has 0 spiro atoms. The van der Waals surface area contributed by atoms with Crippen molar-refractivity contribution in [1.82, 2.24) is 0 Å². The van der Waals surface area contributed by atoms with Gasteiger partial charge >= 0.3 is 17.9 Å². The van der Waals surface area contributed by atoms with Gasteiger partial charge in [-0.15, -0.1) is 0 Å². The average molecular weight is 849 g/mol. The van der Waals surface area contributed by atoms with Gasteiger partial charge in [0.1, 0.15) is 13.2 Å². The number of esters is 3. The minimum absolute atomic E-state index is 0.113. The third kappa shape index (κ3) is 47.5. The first-order valence-electron chi connectivity index (χ1n) is 25.1. The SMILES string of the molecule is CC/C=C\C/C=C\CCCCC(=O)OCC(COC(=O)CCC/C=C\C/C=C\C/C=C\CCCCCCCC)OC(=O)CCCCCCCCC/C=C\C/C=C\CCCCC. The summed E-state index contributed by atoms with van der Waals surface area (Å²) in [6, 6.07) is 0. The van der Waals surface area contributed by atoms with Gasteiger partial charge in [-0.1, -0.05) is 183 Å². The maximum absolute atomic E-state index is 12.8. The third-order valence-electron chi connectivity index (χ3n) is 10.4. The van der Waals surface area contributed by atoms with Crippen LogP contribution in [0.25, 0.3) is 0 Å². The summed E-state index contributed by atoms with van der Waals surface area (Å²) in [6.45, 7) is 6.39. The van der Waals surface area contributed by atoms with E-state index in [1.54, 1.807) is 0 Å². The van der Waals surface area contributed by atoms with Crippen LogP contribution in [-0.2, 0) is 28.6 Å². The molecular formula is C55H92O6. The first-order valence-corrected chi connectivity index (χ1v) is 25.1. The number of carbonyl (C=O) groups is 3. The Hall–Kier alpha value is -3.41. The van der Waals surface area contributed by atoms with Crippen molar-refractivity contribution in [2.75, 3.05) is 13.2 Å². The lowest BCUT2D eigenvalue weighted by Gasteiger charge is -2.18. The van der Waals surface area contributed by atoms with Crippen molar-refractivity contribution in [3.05, 3.63) is 85.1 Å². The van der Waals surface area contributed by atoms with E-state index in [0.717, 1.165) is 83.5 Å². The molecule has 0 aromatic rings. The highest BCUT2D eigenvalue weighted by atomic mass is 16.6. The Morgan fingerprint density at radius 1 is 0.344 bits per heavy atom. The molecule has 1 unspecified atom stereocenters. The minimum atomic E-state index is -0.813. The Kier molecular flexibility index (Phi) is 46.5. The molecule has 348 valence electrons. The molecule has 1 atom stereocenters. The molecule has 0 aliphatic heterocycles. The highest BCUT2D eigenvalue weighted by Gasteiger charge is 2.19. The van der Waals surface area contributed by atoms with Crippen LogP contribution in [-0.4, -0.2) is 37.2 Å². The smallest absolute Gasteiger partial charge is 0.306 e. The van der Waals surface area contributed by atoms with E-state index in [1.807, 2.05) is 0 Å². The number of hydrogen-bond donors (Lipinski definition) is 0. The summed E-state index contributed by atoms with van der Waals surface area (Å²) in [5, 5.41) is 0. The Labute approximate surface area is 375 Å². The molecule has 0 N–H and O–H groups in total. The Balaban J connectivity index is 4.45. The van der Waals surface area contributed by atoms with E-state index in [2.05, 4.69) is 106 Å². The maximum atomic E-state index is 12.8. The van der Waals surface area contributed by atoms with Crippen molar-refractivity contribution in [3.63, 3.8) is 0 Å². The molecule has 0 aliphatic carbocycles. The van der Waals surface area contributed by atoms with Crippen molar-refractivity contribution in [3.8, 4) is 0 Å². The number of hydrogen-bond acceptors (Lipinski definition) is 6. The van der Waals surface area contributed by atoms with Gasteiger partial charge in [0.25, 0.3) is 0 Å². The molecule has 61 heavy (non-hydrogen) atoms. The van der Waals surface area contributed by atoms with Gasteiger partial charge in [0.2, 0.25) is 0 Å². The summed E-state index contributed by atoms with van der Waals surface area (Å²) >= 11 is 0. The van der Waals surface area contributed by atoms with Gasteiger partial charge in [0.15, 0.2) is 6.10 Å². The van der Waals surface area contributed by atoms with Crippen LogP contribution >= 0.6 is 0 Å². The predicted octanol–water partition coefficient (Wildman–Crippen LogP) is 16.4. The molecule has 0 amide bonds. The molecule has 0 aliphatic rings. The summed E-state index contributed by atoms with van der Waals surface area (Å²) < 4.78 is 16.7. The molecule has 0 rings (SSSR count). The molecular weight excluding hydrogens is 757 g/mol. The Morgan fingerprint density at radius 3 is 1.13 bits per heavy atom. The number of unbranched alkanes of at least 4 members (excludes halogenated alkanes) is 19. The molecule has 0 fully saturated rings. The largest absolute Gasteiger partial charge is 0.462 e. The van der Waals surface area contributed by atoms with E-state index in [0.29, 0.717) is 19.3 Å². The molecule has 0 radical (unpaired) electrons. The van der Waals surface area contributed by atoms with Crippen LogP contribution in [0.5, 0.6) is 0 Å². The molecule has 0 aromatic heterocycles. The van der Waals surface area contributed by atoms with Crippen molar-refractivity contribution in [2.24, 2.45) is 0 Å². The predicted molar refractivity (Wildman–Crippen MR) is 261 cm³/mol. The van der Waals surface area contributed by atoms with E-state index >= 15 is 0 Å². The molecule has 0 aromatic carbocycles. The monoisotopic (exact) mass is 849 g/mol. The van der Waals surface area contributed by atoms with Crippen LogP contribution in [0, 0.1) is 0 Å². The number of allylic oxidation sites excluding steroid dienone is 14. The summed E-state index contributed by atoms with van der Waals surface area (Å²) in [6.07, 6.45) is 63.0. The Bertz CT molecular complexity index is 1200. The molecule has 0 saturated heterocycles. The zero-order chi connectivity index (χ0) is 44.4. The van der Waals surface area contributed by atoms with E-state index in [1.165, 1.54) is 96.3 Å². The fourth-order valence-electron chi connectivity index (χ4n) is 6.58. The highest BCUT2D eigenvalue weighted by molar-refractivity contribution is 5.71. The topological polar surface area (TPSA) is 78.9 Å². The van der Waals surface area contributed by atoms with Crippen LogP contribution in [0.15, 0.2) is 85.1 Å². The molecule has 0 saturated carbocycles. The van der Waals surface area contributed by atoms with E-state index in [9.17, 15) is 14.4 Å². The fourth-order valence-corrected chi connectivity index (χ4v) is 6.58. The Morgan fingerprint density at radius 2 is 0.656 bits per heavy atom. The van der Waals surface area contributed by atoms with Crippen molar-refractivity contribution in [2.45, 2.75) is 232 Å². The van der Waals surface area contributed by atoms with Crippen molar-refractivity contribution < 1.29 is 28.6 Å². The molecule has 6 nitrogen and oxygen atoms in total. The summed E-state index contributed by atoms with van der Waals surface area (Å²) in [4.78, 5) is 37.8. The van der Waals surface area contributed by atoms with Gasteiger partial charge in [-0.2, -0.15) is 0 Å². The molecule has 6 heteroatoms. The third-order valence-corrected chi connectivity index (χ3v) is 10.4. The van der Waals surface area contributed by atoms with Crippen molar-refractivity contribution >= 4 is 17.9 Å². The summed E-state index contributed by atoms with van der Waals surface area (Å²) in [5.74, 6) is -1.01. The van der Waals surface area contributed by atoms with Gasteiger partial charge in [-0.25, -0.2) is 0 Å². The van der Waals surface area contributed by atoms with Crippen LogP contribution in [0.2, 0.25) is 0 Å². The lowest BCUT2D eigenvalue weighted by Crippen LogP contribution is -2.30. The normalized spacial score (nSPS) is 12.8. The van der Waals surface area contributed by atoms with Crippen LogP contribution in [0.4, 0.5) is 0 Å². The van der Waals surface area contributed by atoms with Gasteiger partial charge in [0.05, 0.1) is 0 Å². The second-order valence-corrected chi connectivity index (χ2v) is 16.3. The zero-order valence-electron chi connectivity index (χ0n) is 39.7. The van der Waals surface area contributed by atoms with E-state index < -0.39 is 6.10 Å². The quantitative estimate of drug-likeness (QED) is 0.0263. The van der Waals surface area contributed by atoms with Crippen molar-refractivity contribution in [1.29, 1.82) is 0 Å². The highest BCUT2D eigenvalue weighted by Crippen LogP contribution is 2.13. The average Bonchev–Trinajstić information content (AvgIpc) is 3.26. The van der Waals surface area contributed by atoms with Gasteiger partial charge in [0, 0.05) is 19.3 Å². The van der Waals surface area contributed by atoms with E-state index in [-0.39, 0.29) is 37.5 Å². The van der Waals surface area contributed by atoms with E-state index in [4.69, 9.17) is 14.2 Å². The minimum Gasteiger partial charge on any atom is -0.462 e. The summed E-state index contributed by atoms with van der Waals surface area (Å²) in [7, 11) is 0. The lowest BCUT2D eigenvalue weighted by molar-refractivity contribution is -0.167. The maximum Gasteiger partial charge on any atom is 0.306 e. The molecule has 0 heterocycles. The van der Waals surface area contributed by atoms with Gasteiger partial charge in [-0.3, -0.25) is 14.4 Å². The lowest BCUT2D eigenvalue weighted by atomic mass is 10.1. The number of ether oxygens (including phenoxy) is 3. The number of rotatable bonds is 44. The first kappa shape index (κ1) is 57.6. The fraction of sp³-hybridized carbons (Fsp3) is 0.691. The second-order valence-electron chi connectivity index (χ2n) is 16.3. The second kappa shape index (κ2) is 49.2. The first-order chi connectivity index (χ1) is 30.0. The summed E-state index contributed by atoms with van der Waals surface area (Å²) in [5.41, 5.74) is 0. The van der Waals surface area contributed by atoms with Crippen LogP contribution in [0.3, 0.4) is 0 Å². The van der Waals surface area contributed by atoms with Gasteiger partial charge < -0.3 is 14.2 Å².